The molecule has 0 aliphatic carbocycles. The Labute approximate surface area is 104 Å². The van der Waals surface area contributed by atoms with Gasteiger partial charge in [0.1, 0.15) is 5.02 Å². The third-order valence-electron chi connectivity index (χ3n) is 2.08. The van der Waals surface area contributed by atoms with Gasteiger partial charge in [0, 0.05) is 17.2 Å². The summed E-state index contributed by atoms with van der Waals surface area (Å²) in [6, 6.07) is 4.08. The zero-order chi connectivity index (χ0) is 13.2. The van der Waals surface area contributed by atoms with Gasteiger partial charge in [-0.15, -0.1) is 0 Å². The fourth-order valence-corrected chi connectivity index (χ4v) is 1.30. The maximum Gasteiger partial charge on any atom is 0.288 e. The number of hydrogen-bond acceptors (Lipinski definition) is 3. The van der Waals surface area contributed by atoms with Crippen molar-refractivity contribution < 1.29 is 9.72 Å². The molecule has 0 aromatic heterocycles. The standard InChI is InChI=1S/C11H13ClN2O3/c1-11(2,3)10(15)13-7-4-5-9(14(16)17)8(12)6-7/h4-6H,1-3H3,(H,13,15). The largest absolute Gasteiger partial charge is 0.326 e. The van der Waals surface area contributed by atoms with Gasteiger partial charge in [-0.3, -0.25) is 14.9 Å². The highest BCUT2D eigenvalue weighted by Crippen LogP contribution is 2.28. The second-order valence-electron chi connectivity index (χ2n) is 4.63. The summed E-state index contributed by atoms with van der Waals surface area (Å²) >= 11 is 5.73. The Bertz CT molecular complexity index is 466. The Kier molecular flexibility index (Phi) is 3.72. The van der Waals surface area contributed by atoms with Crippen LogP contribution in [0.1, 0.15) is 20.8 Å². The SMILES string of the molecule is CC(C)(C)C(=O)Nc1ccc([N+](=O)[O-])c(Cl)c1. The number of hydrogen-bond donors (Lipinski definition) is 1. The number of halogens is 1. The van der Waals surface area contributed by atoms with E-state index in [1.807, 2.05) is 0 Å². The molecule has 1 amide bonds. The first kappa shape index (κ1) is 13.4. The van der Waals surface area contributed by atoms with Gasteiger partial charge in [-0.1, -0.05) is 32.4 Å². The van der Waals surface area contributed by atoms with E-state index in [4.69, 9.17) is 11.6 Å². The first-order valence-electron chi connectivity index (χ1n) is 4.97. The van der Waals surface area contributed by atoms with Gasteiger partial charge < -0.3 is 5.32 Å². The number of carbonyl (C=O) groups excluding carboxylic acids is 1. The Balaban J connectivity index is 2.92. The van der Waals surface area contributed by atoms with E-state index in [2.05, 4.69) is 5.32 Å². The van der Waals surface area contributed by atoms with E-state index in [1.54, 1.807) is 20.8 Å². The average molecular weight is 257 g/mol. The van der Waals surface area contributed by atoms with E-state index in [1.165, 1.54) is 18.2 Å². The van der Waals surface area contributed by atoms with E-state index in [0.29, 0.717) is 5.69 Å². The predicted molar refractivity (Wildman–Crippen MR) is 66.2 cm³/mol. The summed E-state index contributed by atoms with van der Waals surface area (Å²) in [7, 11) is 0. The van der Waals surface area contributed by atoms with Crippen molar-refractivity contribution in [1.29, 1.82) is 0 Å². The average Bonchev–Trinajstić information content (AvgIpc) is 2.15. The number of nitrogens with zero attached hydrogens (tertiary/aromatic N) is 1. The summed E-state index contributed by atoms with van der Waals surface area (Å²) in [6.07, 6.45) is 0. The van der Waals surface area contributed by atoms with Crippen molar-refractivity contribution in [3.8, 4) is 0 Å². The lowest BCUT2D eigenvalue weighted by atomic mass is 9.95. The van der Waals surface area contributed by atoms with Crippen molar-refractivity contribution in [2.24, 2.45) is 5.41 Å². The number of carbonyl (C=O) groups is 1. The molecule has 0 spiro atoms. The molecule has 0 aliphatic rings. The van der Waals surface area contributed by atoms with E-state index in [0.717, 1.165) is 0 Å². The summed E-state index contributed by atoms with van der Waals surface area (Å²) in [6.45, 7) is 5.32. The molecule has 0 heterocycles. The molecule has 5 nitrogen and oxygen atoms in total. The molecule has 0 fully saturated rings. The van der Waals surface area contributed by atoms with Crippen LogP contribution in [0.5, 0.6) is 0 Å². The molecule has 0 radical (unpaired) electrons. The molecule has 6 heteroatoms. The maximum absolute atomic E-state index is 11.7. The molecule has 1 aromatic rings. The molecule has 0 saturated carbocycles. The Morgan fingerprint density at radius 1 is 1.41 bits per heavy atom. The summed E-state index contributed by atoms with van der Waals surface area (Å²) < 4.78 is 0. The van der Waals surface area contributed by atoms with Crippen LogP contribution in [0.4, 0.5) is 11.4 Å². The van der Waals surface area contributed by atoms with E-state index in [9.17, 15) is 14.9 Å². The number of rotatable bonds is 2. The Morgan fingerprint density at radius 3 is 2.41 bits per heavy atom. The minimum Gasteiger partial charge on any atom is -0.326 e. The van der Waals surface area contributed by atoms with E-state index in [-0.39, 0.29) is 16.6 Å². The highest BCUT2D eigenvalue weighted by molar-refractivity contribution is 6.33. The van der Waals surface area contributed by atoms with Crippen LogP contribution in [-0.2, 0) is 4.79 Å². The van der Waals surface area contributed by atoms with Gasteiger partial charge in [-0.2, -0.15) is 0 Å². The molecule has 1 rings (SSSR count). The minimum absolute atomic E-state index is 0.00158. The zero-order valence-electron chi connectivity index (χ0n) is 9.78. The van der Waals surface area contributed by atoms with Crippen LogP contribution in [0.3, 0.4) is 0 Å². The van der Waals surface area contributed by atoms with Crippen LogP contribution in [0.2, 0.25) is 5.02 Å². The van der Waals surface area contributed by atoms with Crippen LogP contribution in [0.25, 0.3) is 0 Å². The summed E-state index contributed by atoms with van der Waals surface area (Å²) in [5, 5.41) is 13.2. The lowest BCUT2D eigenvalue weighted by Crippen LogP contribution is -2.27. The Hall–Kier alpha value is -1.62. The highest BCUT2D eigenvalue weighted by Gasteiger charge is 2.22. The van der Waals surface area contributed by atoms with Crippen LogP contribution in [0.15, 0.2) is 18.2 Å². The molecule has 0 unspecified atom stereocenters. The number of nitrogens with one attached hydrogen (secondary N) is 1. The van der Waals surface area contributed by atoms with Gasteiger partial charge in [-0.05, 0) is 12.1 Å². The summed E-state index contributed by atoms with van der Waals surface area (Å²) in [5.74, 6) is -0.178. The van der Waals surface area contributed by atoms with Gasteiger partial charge in [-0.25, -0.2) is 0 Å². The third-order valence-corrected chi connectivity index (χ3v) is 2.39. The number of amides is 1. The summed E-state index contributed by atoms with van der Waals surface area (Å²) in [5.41, 5.74) is -0.269. The molecule has 17 heavy (non-hydrogen) atoms. The minimum atomic E-state index is -0.572. The lowest BCUT2D eigenvalue weighted by molar-refractivity contribution is -0.384. The highest BCUT2D eigenvalue weighted by atomic mass is 35.5. The molecule has 0 atom stereocenters. The third kappa shape index (κ3) is 3.42. The predicted octanol–water partition coefficient (Wildman–Crippen LogP) is 3.23. The van der Waals surface area contributed by atoms with Gasteiger partial charge in [0.2, 0.25) is 5.91 Å². The monoisotopic (exact) mass is 256 g/mol. The van der Waals surface area contributed by atoms with Crippen LogP contribution in [0, 0.1) is 15.5 Å². The molecule has 92 valence electrons. The molecule has 0 saturated heterocycles. The molecular weight excluding hydrogens is 244 g/mol. The maximum atomic E-state index is 11.7. The summed E-state index contributed by atoms with van der Waals surface area (Å²) in [4.78, 5) is 21.7. The number of nitro groups is 1. The fraction of sp³-hybridized carbons (Fsp3) is 0.364. The second kappa shape index (κ2) is 4.71. The topological polar surface area (TPSA) is 72.2 Å². The van der Waals surface area contributed by atoms with E-state index >= 15 is 0 Å². The van der Waals surface area contributed by atoms with Crippen molar-refractivity contribution in [3.63, 3.8) is 0 Å². The first-order chi connectivity index (χ1) is 7.71. The smallest absolute Gasteiger partial charge is 0.288 e. The van der Waals surface area contributed by atoms with Crippen molar-refractivity contribution >= 4 is 28.9 Å². The van der Waals surface area contributed by atoms with Gasteiger partial charge in [0.25, 0.3) is 5.69 Å². The van der Waals surface area contributed by atoms with Crippen molar-refractivity contribution in [2.45, 2.75) is 20.8 Å². The molecule has 1 aromatic carbocycles. The van der Waals surface area contributed by atoms with Gasteiger partial charge in [0.15, 0.2) is 0 Å². The first-order valence-corrected chi connectivity index (χ1v) is 5.35. The van der Waals surface area contributed by atoms with Gasteiger partial charge in [0.05, 0.1) is 4.92 Å². The quantitative estimate of drug-likeness (QED) is 0.652. The second-order valence-corrected chi connectivity index (χ2v) is 5.03. The van der Waals surface area contributed by atoms with Crippen LogP contribution in [-0.4, -0.2) is 10.8 Å². The van der Waals surface area contributed by atoms with Crippen molar-refractivity contribution in [3.05, 3.63) is 33.3 Å². The fourth-order valence-electron chi connectivity index (χ4n) is 1.05. The number of benzene rings is 1. The van der Waals surface area contributed by atoms with Crippen molar-refractivity contribution in [1.82, 2.24) is 0 Å². The Morgan fingerprint density at radius 2 is 2.00 bits per heavy atom. The zero-order valence-corrected chi connectivity index (χ0v) is 10.5. The number of anilines is 1. The normalized spacial score (nSPS) is 11.1. The lowest BCUT2D eigenvalue weighted by Gasteiger charge is -2.17. The van der Waals surface area contributed by atoms with Gasteiger partial charge >= 0.3 is 0 Å². The van der Waals surface area contributed by atoms with Crippen LogP contribution < -0.4 is 5.32 Å². The molecule has 1 N–H and O–H groups in total. The van der Waals surface area contributed by atoms with E-state index < -0.39 is 10.3 Å². The molecule has 0 bridgehead atoms. The molecule has 0 aliphatic heterocycles. The van der Waals surface area contributed by atoms with Crippen molar-refractivity contribution in [2.75, 3.05) is 5.32 Å². The molecular formula is C11H13ClN2O3. The number of nitro benzene ring substituents is 1. The van der Waals surface area contributed by atoms with Crippen LogP contribution >= 0.6 is 11.6 Å².